The third-order valence-electron chi connectivity index (χ3n) is 0.858. The summed E-state index contributed by atoms with van der Waals surface area (Å²) < 4.78 is 5.20. The van der Waals surface area contributed by atoms with E-state index in [9.17, 15) is 0 Å². The van der Waals surface area contributed by atoms with E-state index in [1.165, 1.54) is 0 Å². The van der Waals surface area contributed by atoms with Crippen molar-refractivity contribution in [3.05, 3.63) is 23.9 Å². The number of hydrogen-bond donors (Lipinski definition) is 0. The van der Waals surface area contributed by atoms with Gasteiger partial charge in [-0.1, -0.05) is 23.9 Å². The van der Waals surface area contributed by atoms with E-state index in [0.29, 0.717) is 0 Å². The van der Waals surface area contributed by atoms with Crippen molar-refractivity contribution < 1.29 is 4.43 Å². The van der Waals surface area contributed by atoms with Gasteiger partial charge in [0.15, 0.2) is 9.76 Å². The highest BCUT2D eigenvalue weighted by Crippen LogP contribution is 1.75. The normalized spacial score (nSPS) is 13.1. The summed E-state index contributed by atoms with van der Waals surface area (Å²) in [6, 6.07) is 0. The van der Waals surface area contributed by atoms with E-state index in [-0.39, 0.29) is 9.76 Å². The maximum atomic E-state index is 5.20. The third-order valence-corrected chi connectivity index (χ3v) is 1.97. The van der Waals surface area contributed by atoms with Crippen LogP contribution in [0, 0.1) is 0 Å². The van der Waals surface area contributed by atoms with Crippen LogP contribution in [0.5, 0.6) is 0 Å². The molecule has 0 amide bonds. The summed E-state index contributed by atoms with van der Waals surface area (Å²) in [6.45, 7) is 4.88. The lowest BCUT2D eigenvalue weighted by atomic mass is 10.5. The highest BCUT2D eigenvalue weighted by Gasteiger charge is 1.73. The maximum Gasteiger partial charge on any atom is 0.185 e. The Morgan fingerprint density at radius 1 is 1.44 bits per heavy atom. The highest BCUT2D eigenvalue weighted by atomic mass is 28.2. The van der Waals surface area contributed by atoms with E-state index >= 15 is 0 Å². The third kappa shape index (κ3) is 7.66. The Morgan fingerprint density at radius 2 is 2.22 bits per heavy atom. The van der Waals surface area contributed by atoms with Gasteiger partial charge < -0.3 is 4.43 Å². The van der Waals surface area contributed by atoms with Crippen molar-refractivity contribution >= 4 is 9.76 Å². The fourth-order valence-corrected chi connectivity index (χ4v) is 1.07. The van der Waals surface area contributed by atoms with E-state index in [1.54, 1.807) is 0 Å². The molecule has 0 bridgehead atoms. The van der Waals surface area contributed by atoms with Crippen molar-refractivity contribution in [1.29, 1.82) is 0 Å². The lowest BCUT2D eigenvalue weighted by Gasteiger charge is -1.89. The molecule has 0 aliphatic rings. The average Bonchev–Trinajstić information content (AvgIpc) is 1.89. The Morgan fingerprint density at radius 3 is 2.78 bits per heavy atom. The quantitative estimate of drug-likeness (QED) is 0.325. The van der Waals surface area contributed by atoms with E-state index in [2.05, 4.69) is 5.70 Å². The van der Waals surface area contributed by atoms with Crippen LogP contribution < -0.4 is 0 Å². The van der Waals surface area contributed by atoms with Gasteiger partial charge in [0.05, 0.1) is 0 Å². The molecule has 0 saturated carbocycles. The van der Waals surface area contributed by atoms with Crippen molar-refractivity contribution in [3.63, 3.8) is 0 Å². The smallest absolute Gasteiger partial charge is 0.185 e. The maximum absolute atomic E-state index is 5.20. The molecule has 9 heavy (non-hydrogen) atoms. The van der Waals surface area contributed by atoms with Gasteiger partial charge in [-0.05, 0) is 13.8 Å². The fourth-order valence-electron chi connectivity index (χ4n) is 0.431. The molecule has 52 valence electrons. The molecular weight excluding hydrogens is 128 g/mol. The summed E-state index contributed by atoms with van der Waals surface area (Å²) in [5.74, 6) is 0. The number of hydrogen-bond acceptors (Lipinski definition) is 1. The summed E-state index contributed by atoms with van der Waals surface area (Å²) in [5, 5.41) is 0. The molecule has 0 heterocycles. The van der Waals surface area contributed by atoms with Gasteiger partial charge >= 0.3 is 0 Å². The lowest BCUT2D eigenvalue weighted by molar-refractivity contribution is 0.366. The van der Waals surface area contributed by atoms with Gasteiger partial charge in [0.25, 0.3) is 0 Å². The first-order chi connectivity index (χ1) is 4.41. The molecule has 0 atom stereocenters. The topological polar surface area (TPSA) is 9.23 Å². The van der Waals surface area contributed by atoms with Gasteiger partial charge in [-0.15, -0.1) is 0 Å². The van der Waals surface area contributed by atoms with Crippen LogP contribution in [0.15, 0.2) is 23.9 Å². The Hall–Kier alpha value is -0.343. The van der Waals surface area contributed by atoms with Gasteiger partial charge in [0.2, 0.25) is 0 Å². The molecule has 0 N–H and O–H groups in total. The molecule has 0 aliphatic heterocycles. The van der Waals surface area contributed by atoms with Gasteiger partial charge in [-0.2, -0.15) is 0 Å². The molecule has 0 unspecified atom stereocenters. The molecule has 0 saturated heterocycles. The predicted octanol–water partition coefficient (Wildman–Crippen LogP) is 1.20. The predicted molar refractivity (Wildman–Crippen MR) is 44.1 cm³/mol. The van der Waals surface area contributed by atoms with Crippen LogP contribution in [0.25, 0.3) is 0 Å². The summed E-state index contributed by atoms with van der Waals surface area (Å²) in [5.41, 5.74) is 2.13. The van der Waals surface area contributed by atoms with Crippen LogP contribution in [0.2, 0.25) is 0 Å². The van der Waals surface area contributed by atoms with Crippen LogP contribution in [0.4, 0.5) is 0 Å². The summed E-state index contributed by atoms with van der Waals surface area (Å²) >= 11 is 0. The minimum Gasteiger partial charge on any atom is -0.419 e. The molecule has 0 aromatic heterocycles. The number of rotatable bonds is 4. The van der Waals surface area contributed by atoms with Gasteiger partial charge in [0.1, 0.15) is 0 Å². The van der Waals surface area contributed by atoms with Crippen molar-refractivity contribution in [2.45, 2.75) is 13.8 Å². The van der Waals surface area contributed by atoms with Gasteiger partial charge in [0, 0.05) is 6.61 Å². The number of allylic oxidation sites excluding steroid dienone is 3. The first-order valence-electron chi connectivity index (χ1n) is 3.27. The van der Waals surface area contributed by atoms with Crippen molar-refractivity contribution in [3.8, 4) is 0 Å². The molecule has 0 aromatic carbocycles. The highest BCUT2D eigenvalue weighted by molar-refractivity contribution is 6.34. The van der Waals surface area contributed by atoms with Crippen LogP contribution in [0.3, 0.4) is 0 Å². The Labute approximate surface area is 59.4 Å². The van der Waals surface area contributed by atoms with Gasteiger partial charge in [-0.3, -0.25) is 0 Å². The van der Waals surface area contributed by atoms with Crippen LogP contribution in [-0.2, 0) is 4.43 Å². The largest absolute Gasteiger partial charge is 0.419 e. The summed E-state index contributed by atoms with van der Waals surface area (Å²) in [6.07, 6.45) is 6.07. The molecule has 0 rings (SSSR count). The molecule has 0 fully saturated rings. The molecule has 0 aliphatic carbocycles. The van der Waals surface area contributed by atoms with Crippen LogP contribution >= 0.6 is 0 Å². The van der Waals surface area contributed by atoms with Crippen molar-refractivity contribution in [1.82, 2.24) is 0 Å². The molecule has 0 aromatic rings. The SMILES string of the molecule is CC=CC=C[SiH2]OCC. The van der Waals surface area contributed by atoms with Gasteiger partial charge in [-0.25, -0.2) is 0 Å². The average molecular weight is 142 g/mol. The Kier molecular flexibility index (Phi) is 7.36. The molecule has 2 heteroatoms. The molecular formula is C7H14OSi. The molecule has 0 spiro atoms. The lowest BCUT2D eigenvalue weighted by Crippen LogP contribution is -1.92. The van der Waals surface area contributed by atoms with E-state index < -0.39 is 0 Å². The Balaban J connectivity index is 3.04. The minimum atomic E-state index is -0.341. The fraction of sp³-hybridized carbons (Fsp3) is 0.429. The second-order valence-electron chi connectivity index (χ2n) is 1.61. The van der Waals surface area contributed by atoms with E-state index in [4.69, 9.17) is 4.43 Å². The van der Waals surface area contributed by atoms with Crippen LogP contribution in [-0.4, -0.2) is 16.4 Å². The monoisotopic (exact) mass is 142 g/mol. The second-order valence-corrected chi connectivity index (χ2v) is 2.83. The minimum absolute atomic E-state index is 0.341. The summed E-state index contributed by atoms with van der Waals surface area (Å²) in [7, 11) is -0.341. The second kappa shape index (κ2) is 7.66. The van der Waals surface area contributed by atoms with Crippen LogP contribution in [0.1, 0.15) is 13.8 Å². The molecule has 0 radical (unpaired) electrons. The summed E-state index contributed by atoms with van der Waals surface area (Å²) in [4.78, 5) is 0. The zero-order valence-electron chi connectivity index (χ0n) is 6.13. The zero-order valence-corrected chi connectivity index (χ0v) is 7.55. The first kappa shape index (κ1) is 8.66. The van der Waals surface area contributed by atoms with E-state index in [1.807, 2.05) is 32.1 Å². The first-order valence-corrected chi connectivity index (χ1v) is 4.66. The van der Waals surface area contributed by atoms with Crippen molar-refractivity contribution in [2.24, 2.45) is 0 Å². The zero-order chi connectivity index (χ0) is 6.95. The molecule has 1 nitrogen and oxygen atoms in total. The van der Waals surface area contributed by atoms with E-state index in [0.717, 1.165) is 6.61 Å². The standard InChI is InChI=1S/C7H14OSi/c1-3-5-6-7-9-8-4-2/h3,5-7H,4,9H2,1-2H3. The Bertz CT molecular complexity index is 97.1. The van der Waals surface area contributed by atoms with Crippen molar-refractivity contribution in [2.75, 3.05) is 6.61 Å².